The maximum atomic E-state index is 6.72. The first-order valence-corrected chi connectivity index (χ1v) is 20.8. The summed E-state index contributed by atoms with van der Waals surface area (Å²) in [6.07, 6.45) is 0. The molecule has 0 saturated carbocycles. The number of fused-ring (bicyclic) bond motifs is 9. The molecule has 58 heavy (non-hydrogen) atoms. The molecular formula is C51H30N4OS2. The molecule has 4 aromatic heterocycles. The van der Waals surface area contributed by atoms with E-state index < -0.39 is 0 Å². The number of benzene rings is 8. The Morgan fingerprint density at radius 1 is 0.362 bits per heavy atom. The lowest BCUT2D eigenvalue weighted by Gasteiger charge is -2.26. The summed E-state index contributed by atoms with van der Waals surface area (Å²) in [4.78, 5) is 18.2. The number of nitrogens with zero attached hydrogens (tertiary/aromatic N) is 4. The SMILES string of the molecule is c1ccc(-c2nc(-c3cc(N(c4ccccc4)c4ccc5sc6ccccc6c5c4)cc4oc5ccccc5c34)nc(-c3cccc4sc5ccccc5c34)n2)cc1. The van der Waals surface area contributed by atoms with Crippen molar-refractivity contribution in [2.75, 3.05) is 4.90 Å². The Hall–Kier alpha value is -7.19. The van der Waals surface area contributed by atoms with Crippen LogP contribution < -0.4 is 4.90 Å². The van der Waals surface area contributed by atoms with Crippen LogP contribution in [0.15, 0.2) is 186 Å². The number of anilines is 3. The molecule has 0 unspecified atom stereocenters. The molecule has 0 fully saturated rings. The summed E-state index contributed by atoms with van der Waals surface area (Å²) in [6, 6.07) is 63.7. The second-order valence-corrected chi connectivity index (χ2v) is 16.5. The average molecular weight is 779 g/mol. The van der Waals surface area contributed by atoms with Crippen LogP contribution in [0, 0.1) is 0 Å². The largest absolute Gasteiger partial charge is 0.456 e. The maximum absolute atomic E-state index is 6.72. The van der Waals surface area contributed by atoms with Crippen LogP contribution in [0.2, 0.25) is 0 Å². The van der Waals surface area contributed by atoms with Gasteiger partial charge in [0.15, 0.2) is 17.5 Å². The van der Waals surface area contributed by atoms with Crippen LogP contribution in [0.5, 0.6) is 0 Å². The van der Waals surface area contributed by atoms with E-state index in [0.717, 1.165) is 61.1 Å². The standard InChI is InChI=1S/C51H30N4OS2/c1-3-14-31(15-4-1)49-52-50(38-21-13-25-46-48(38)37-20-9-12-24-44(37)58-46)54-51(53-49)40-29-34(30-42-47(40)36-19-7-10-22-41(36)56-42)55(32-16-5-2-6-17-32)33-26-27-45-39(28-33)35-18-8-11-23-43(35)57-45/h1-30H. The van der Waals surface area contributed by atoms with E-state index in [1.807, 2.05) is 41.7 Å². The summed E-state index contributed by atoms with van der Waals surface area (Å²) >= 11 is 3.61. The lowest BCUT2D eigenvalue weighted by atomic mass is 10.0. The molecule has 0 aliphatic carbocycles. The molecule has 0 spiro atoms. The van der Waals surface area contributed by atoms with Gasteiger partial charge >= 0.3 is 0 Å². The normalized spacial score (nSPS) is 11.8. The summed E-state index contributed by atoms with van der Waals surface area (Å²) in [5.41, 5.74) is 7.32. The predicted molar refractivity (Wildman–Crippen MR) is 244 cm³/mol. The maximum Gasteiger partial charge on any atom is 0.164 e. The van der Waals surface area contributed by atoms with E-state index in [4.69, 9.17) is 19.4 Å². The molecule has 0 amide bonds. The second-order valence-electron chi connectivity index (χ2n) is 14.4. The van der Waals surface area contributed by atoms with E-state index in [0.29, 0.717) is 17.5 Å². The van der Waals surface area contributed by atoms with Crippen molar-refractivity contribution < 1.29 is 4.42 Å². The zero-order valence-electron chi connectivity index (χ0n) is 30.8. The molecule has 8 aromatic carbocycles. The fourth-order valence-electron chi connectivity index (χ4n) is 8.32. The average Bonchev–Trinajstić information content (AvgIpc) is 3.98. The van der Waals surface area contributed by atoms with Crippen molar-refractivity contribution in [1.82, 2.24) is 15.0 Å². The lowest BCUT2D eigenvalue weighted by Crippen LogP contribution is -2.10. The lowest BCUT2D eigenvalue weighted by molar-refractivity contribution is 0.669. The van der Waals surface area contributed by atoms with Crippen molar-refractivity contribution in [1.29, 1.82) is 0 Å². The van der Waals surface area contributed by atoms with E-state index in [2.05, 4.69) is 157 Å². The van der Waals surface area contributed by atoms with Crippen molar-refractivity contribution in [3.8, 4) is 34.2 Å². The van der Waals surface area contributed by atoms with Gasteiger partial charge in [-0.2, -0.15) is 0 Å². The number of thiophene rings is 2. The van der Waals surface area contributed by atoms with Crippen LogP contribution in [0.4, 0.5) is 17.1 Å². The summed E-state index contributed by atoms with van der Waals surface area (Å²) in [5.74, 6) is 1.81. The minimum atomic E-state index is 0.575. The van der Waals surface area contributed by atoms with E-state index in [-0.39, 0.29) is 0 Å². The Kier molecular flexibility index (Phi) is 7.51. The highest BCUT2D eigenvalue weighted by molar-refractivity contribution is 7.26. The quantitative estimate of drug-likeness (QED) is 0.168. The van der Waals surface area contributed by atoms with Gasteiger partial charge in [0.25, 0.3) is 0 Å². The highest BCUT2D eigenvalue weighted by Crippen LogP contribution is 2.46. The summed E-state index contributed by atoms with van der Waals surface area (Å²) in [5, 5.41) is 6.80. The first kappa shape index (κ1) is 33.0. The monoisotopic (exact) mass is 778 g/mol. The first-order valence-electron chi connectivity index (χ1n) is 19.2. The van der Waals surface area contributed by atoms with Gasteiger partial charge in [-0.1, -0.05) is 115 Å². The Balaban J connectivity index is 1.15. The molecule has 0 N–H and O–H groups in total. The highest BCUT2D eigenvalue weighted by Gasteiger charge is 2.24. The molecule has 0 radical (unpaired) electrons. The van der Waals surface area contributed by atoms with Crippen molar-refractivity contribution >= 4 is 102 Å². The van der Waals surface area contributed by atoms with E-state index >= 15 is 0 Å². The van der Waals surface area contributed by atoms with Crippen molar-refractivity contribution in [3.05, 3.63) is 182 Å². The van der Waals surface area contributed by atoms with Gasteiger partial charge in [0, 0.05) is 85.2 Å². The molecule has 0 atom stereocenters. The van der Waals surface area contributed by atoms with Gasteiger partial charge in [0.2, 0.25) is 0 Å². The van der Waals surface area contributed by atoms with Gasteiger partial charge in [-0.3, -0.25) is 0 Å². The zero-order chi connectivity index (χ0) is 38.2. The van der Waals surface area contributed by atoms with Crippen LogP contribution in [-0.2, 0) is 0 Å². The van der Waals surface area contributed by atoms with Crippen LogP contribution in [0.25, 0.3) is 96.4 Å². The smallest absolute Gasteiger partial charge is 0.164 e. The highest BCUT2D eigenvalue weighted by atomic mass is 32.1. The van der Waals surface area contributed by atoms with Crippen LogP contribution in [-0.4, -0.2) is 15.0 Å². The molecule has 0 bridgehead atoms. The molecule has 272 valence electrons. The van der Waals surface area contributed by atoms with Crippen molar-refractivity contribution in [2.24, 2.45) is 0 Å². The molecule has 5 nitrogen and oxygen atoms in total. The summed E-state index contributed by atoms with van der Waals surface area (Å²) in [7, 11) is 0. The molecular weight excluding hydrogens is 749 g/mol. The van der Waals surface area contributed by atoms with Gasteiger partial charge < -0.3 is 9.32 Å². The van der Waals surface area contributed by atoms with Crippen LogP contribution in [0.3, 0.4) is 0 Å². The Morgan fingerprint density at radius 2 is 0.983 bits per heavy atom. The second kappa shape index (κ2) is 13.2. The molecule has 7 heteroatoms. The third-order valence-corrected chi connectivity index (χ3v) is 13.2. The van der Waals surface area contributed by atoms with Gasteiger partial charge in [-0.05, 0) is 60.7 Å². The van der Waals surface area contributed by atoms with Gasteiger partial charge in [-0.25, -0.2) is 15.0 Å². The van der Waals surface area contributed by atoms with Crippen molar-refractivity contribution in [3.63, 3.8) is 0 Å². The molecule has 4 heterocycles. The van der Waals surface area contributed by atoms with Gasteiger partial charge in [0.05, 0.1) is 5.69 Å². The molecule has 0 aliphatic heterocycles. The number of para-hydroxylation sites is 2. The van der Waals surface area contributed by atoms with E-state index in [1.165, 1.54) is 35.0 Å². The predicted octanol–water partition coefficient (Wildman–Crippen LogP) is 15.0. The van der Waals surface area contributed by atoms with E-state index in [1.54, 1.807) is 11.3 Å². The number of hydrogen-bond donors (Lipinski definition) is 0. The minimum Gasteiger partial charge on any atom is -0.456 e. The summed E-state index contributed by atoms with van der Waals surface area (Å²) < 4.78 is 11.7. The third kappa shape index (κ3) is 5.32. The number of rotatable bonds is 6. The number of furan rings is 1. The van der Waals surface area contributed by atoms with Crippen LogP contribution >= 0.6 is 22.7 Å². The van der Waals surface area contributed by atoms with Crippen molar-refractivity contribution in [2.45, 2.75) is 0 Å². The number of aromatic nitrogens is 3. The molecule has 0 saturated heterocycles. The first-order chi connectivity index (χ1) is 28.7. The molecule has 0 aliphatic rings. The fourth-order valence-corrected chi connectivity index (χ4v) is 10.5. The van der Waals surface area contributed by atoms with Gasteiger partial charge in [0.1, 0.15) is 11.2 Å². The number of hydrogen-bond acceptors (Lipinski definition) is 7. The zero-order valence-corrected chi connectivity index (χ0v) is 32.5. The molecule has 12 aromatic rings. The summed E-state index contributed by atoms with van der Waals surface area (Å²) in [6.45, 7) is 0. The Morgan fingerprint density at radius 3 is 1.81 bits per heavy atom. The topological polar surface area (TPSA) is 55.1 Å². The minimum absolute atomic E-state index is 0.575. The Labute approximate surface area is 340 Å². The Bertz CT molecular complexity index is 3530. The third-order valence-electron chi connectivity index (χ3n) is 10.9. The molecule has 12 rings (SSSR count). The fraction of sp³-hybridized carbons (Fsp3) is 0. The van der Waals surface area contributed by atoms with E-state index in [9.17, 15) is 0 Å². The van der Waals surface area contributed by atoms with Crippen LogP contribution in [0.1, 0.15) is 0 Å². The van der Waals surface area contributed by atoms with Gasteiger partial charge in [-0.15, -0.1) is 22.7 Å².